The van der Waals surface area contributed by atoms with Gasteiger partial charge in [0.05, 0.1) is 10.4 Å². The zero-order valence-electron chi connectivity index (χ0n) is 10.5. The maximum Gasteiger partial charge on any atom is 0.235 e. The highest BCUT2D eigenvalue weighted by Crippen LogP contribution is 2.42. The van der Waals surface area contributed by atoms with Crippen molar-refractivity contribution in [2.24, 2.45) is 17.1 Å². The molecule has 0 aromatic heterocycles. The number of nitrogens with zero attached hydrogens (tertiary/aromatic N) is 1. The summed E-state index contributed by atoms with van der Waals surface area (Å²) in [7, 11) is 1.85. The van der Waals surface area contributed by atoms with Gasteiger partial charge < -0.3 is 10.6 Å². The van der Waals surface area contributed by atoms with Crippen molar-refractivity contribution in [2.75, 3.05) is 13.6 Å². The minimum Gasteiger partial charge on any atom is -0.392 e. The second-order valence-electron chi connectivity index (χ2n) is 5.21. The number of nitrogens with two attached hydrogens (primary N) is 1. The van der Waals surface area contributed by atoms with E-state index in [1.54, 1.807) is 4.90 Å². The van der Waals surface area contributed by atoms with Crippen LogP contribution in [0.15, 0.2) is 0 Å². The molecule has 0 heterocycles. The van der Waals surface area contributed by atoms with E-state index in [2.05, 4.69) is 13.8 Å². The maximum atomic E-state index is 12.3. The van der Waals surface area contributed by atoms with Crippen molar-refractivity contribution in [2.45, 2.75) is 39.5 Å². The first-order valence-corrected chi connectivity index (χ1v) is 6.36. The van der Waals surface area contributed by atoms with Crippen LogP contribution in [-0.2, 0) is 4.79 Å². The fourth-order valence-electron chi connectivity index (χ4n) is 2.01. The maximum absolute atomic E-state index is 12.3. The van der Waals surface area contributed by atoms with E-state index in [0.717, 1.165) is 32.2 Å². The zero-order valence-corrected chi connectivity index (χ0v) is 11.3. The lowest BCUT2D eigenvalue weighted by Crippen LogP contribution is -2.53. The summed E-state index contributed by atoms with van der Waals surface area (Å²) in [6, 6.07) is 0. The summed E-state index contributed by atoms with van der Waals surface area (Å²) in [4.78, 5) is 14.4. The van der Waals surface area contributed by atoms with Gasteiger partial charge in [-0.15, -0.1) is 0 Å². The van der Waals surface area contributed by atoms with Crippen LogP contribution in [0.3, 0.4) is 0 Å². The fourth-order valence-corrected chi connectivity index (χ4v) is 2.31. The van der Waals surface area contributed by atoms with E-state index in [9.17, 15) is 4.79 Å². The van der Waals surface area contributed by atoms with Gasteiger partial charge in [0, 0.05) is 13.6 Å². The van der Waals surface area contributed by atoms with E-state index >= 15 is 0 Å². The molecule has 1 rings (SSSR count). The Labute approximate surface area is 103 Å². The number of rotatable bonds is 5. The average molecular weight is 242 g/mol. The molecule has 0 saturated heterocycles. The quantitative estimate of drug-likeness (QED) is 0.750. The molecule has 0 spiro atoms. The van der Waals surface area contributed by atoms with Gasteiger partial charge in [0.15, 0.2) is 0 Å². The third-order valence-corrected chi connectivity index (χ3v) is 3.87. The summed E-state index contributed by atoms with van der Waals surface area (Å²) in [5.74, 6) is 0.726. The van der Waals surface area contributed by atoms with Crippen LogP contribution in [0.1, 0.15) is 39.5 Å². The predicted octanol–water partition coefficient (Wildman–Crippen LogP) is 1.95. The normalized spacial score (nSPS) is 18.0. The van der Waals surface area contributed by atoms with Gasteiger partial charge in [-0.3, -0.25) is 4.79 Å². The van der Waals surface area contributed by atoms with E-state index in [4.69, 9.17) is 18.0 Å². The van der Waals surface area contributed by atoms with Crippen molar-refractivity contribution < 1.29 is 4.79 Å². The molecule has 16 heavy (non-hydrogen) atoms. The van der Waals surface area contributed by atoms with E-state index in [1.165, 1.54) is 0 Å². The van der Waals surface area contributed by atoms with Crippen molar-refractivity contribution in [3.63, 3.8) is 0 Å². The minimum absolute atomic E-state index is 0.118. The highest BCUT2D eigenvalue weighted by molar-refractivity contribution is 7.80. The van der Waals surface area contributed by atoms with Crippen molar-refractivity contribution in [1.29, 1.82) is 0 Å². The van der Waals surface area contributed by atoms with Crippen molar-refractivity contribution in [1.82, 2.24) is 4.90 Å². The Balaban J connectivity index is 2.58. The van der Waals surface area contributed by atoms with E-state index in [0.29, 0.717) is 10.9 Å². The number of thiocarbonyl (C=S) groups is 1. The Morgan fingerprint density at radius 3 is 2.38 bits per heavy atom. The highest BCUT2D eigenvalue weighted by Gasteiger charge is 2.48. The summed E-state index contributed by atoms with van der Waals surface area (Å²) in [5.41, 5.74) is 5.20. The minimum atomic E-state index is -0.513. The fraction of sp³-hybridized carbons (Fsp3) is 0.833. The number of carbonyl (C=O) groups excluding carboxylic acids is 1. The largest absolute Gasteiger partial charge is 0.392 e. The molecule has 2 N–H and O–H groups in total. The Morgan fingerprint density at radius 1 is 1.50 bits per heavy atom. The molecule has 0 bridgehead atoms. The molecule has 1 saturated carbocycles. The topological polar surface area (TPSA) is 46.3 Å². The van der Waals surface area contributed by atoms with Crippen molar-refractivity contribution in [3.8, 4) is 0 Å². The molecule has 0 aromatic carbocycles. The van der Waals surface area contributed by atoms with E-state index < -0.39 is 5.41 Å². The van der Waals surface area contributed by atoms with Crippen LogP contribution in [0.4, 0.5) is 0 Å². The molecule has 0 atom stereocenters. The summed E-state index contributed by atoms with van der Waals surface area (Å²) >= 11 is 5.04. The lowest BCUT2D eigenvalue weighted by atomic mass is 9.67. The van der Waals surface area contributed by atoms with E-state index in [-0.39, 0.29) is 5.91 Å². The lowest BCUT2D eigenvalue weighted by Gasteiger charge is -2.41. The number of amides is 1. The van der Waals surface area contributed by atoms with Crippen LogP contribution in [0, 0.1) is 11.3 Å². The number of hydrogen-bond donors (Lipinski definition) is 1. The van der Waals surface area contributed by atoms with Crippen LogP contribution in [0.25, 0.3) is 0 Å². The Hall–Kier alpha value is -0.640. The molecule has 1 amide bonds. The first-order chi connectivity index (χ1) is 7.40. The van der Waals surface area contributed by atoms with Gasteiger partial charge in [-0.1, -0.05) is 32.5 Å². The van der Waals surface area contributed by atoms with Crippen LogP contribution < -0.4 is 5.73 Å². The van der Waals surface area contributed by atoms with Gasteiger partial charge in [-0.2, -0.15) is 0 Å². The molecule has 4 heteroatoms. The Morgan fingerprint density at radius 2 is 2.06 bits per heavy atom. The zero-order chi connectivity index (χ0) is 12.3. The van der Waals surface area contributed by atoms with Gasteiger partial charge in [0.1, 0.15) is 0 Å². The van der Waals surface area contributed by atoms with Gasteiger partial charge in [-0.25, -0.2) is 0 Å². The predicted molar refractivity (Wildman–Crippen MR) is 70.2 cm³/mol. The average Bonchev–Trinajstić information content (AvgIpc) is 2.11. The molecule has 0 aliphatic heterocycles. The molecule has 92 valence electrons. The number of carbonyl (C=O) groups is 1. The van der Waals surface area contributed by atoms with Gasteiger partial charge in [0.25, 0.3) is 0 Å². The molecule has 0 aromatic rings. The molecular weight excluding hydrogens is 220 g/mol. The molecule has 1 fully saturated rings. The first-order valence-electron chi connectivity index (χ1n) is 5.95. The summed E-state index contributed by atoms with van der Waals surface area (Å²) in [6.45, 7) is 5.11. The lowest BCUT2D eigenvalue weighted by molar-refractivity contribution is -0.140. The molecule has 1 aliphatic carbocycles. The third kappa shape index (κ3) is 2.54. The van der Waals surface area contributed by atoms with Crippen LogP contribution in [0.5, 0.6) is 0 Å². The summed E-state index contributed by atoms with van der Waals surface area (Å²) < 4.78 is 0. The third-order valence-electron chi connectivity index (χ3n) is 3.48. The van der Waals surface area contributed by atoms with E-state index in [1.807, 2.05) is 7.05 Å². The highest BCUT2D eigenvalue weighted by atomic mass is 32.1. The molecule has 3 nitrogen and oxygen atoms in total. The molecular formula is C12H22N2OS. The standard InChI is InChI=1S/C12H22N2OS/c1-9(2)5-8-14(3)11(15)12(10(13)16)6-4-7-12/h9H,4-8H2,1-3H3,(H2,13,16). The van der Waals surface area contributed by atoms with Crippen LogP contribution in [-0.4, -0.2) is 29.4 Å². The van der Waals surface area contributed by atoms with Crippen LogP contribution >= 0.6 is 12.2 Å². The Kier molecular flexibility index (Phi) is 4.30. The monoisotopic (exact) mass is 242 g/mol. The van der Waals surface area contributed by atoms with Crippen molar-refractivity contribution >= 4 is 23.1 Å². The number of hydrogen-bond acceptors (Lipinski definition) is 2. The SMILES string of the molecule is CC(C)CCN(C)C(=O)C1(C(N)=S)CCC1. The smallest absolute Gasteiger partial charge is 0.235 e. The molecule has 1 aliphatic rings. The second kappa shape index (κ2) is 5.13. The second-order valence-corrected chi connectivity index (χ2v) is 5.65. The summed E-state index contributed by atoms with van der Waals surface area (Å²) in [6.07, 6.45) is 3.73. The van der Waals surface area contributed by atoms with Crippen LogP contribution in [0.2, 0.25) is 0 Å². The van der Waals surface area contributed by atoms with Gasteiger partial charge in [-0.05, 0) is 25.2 Å². The molecule has 0 radical (unpaired) electrons. The Bertz CT molecular complexity index is 285. The van der Waals surface area contributed by atoms with Gasteiger partial charge in [0.2, 0.25) is 5.91 Å². The van der Waals surface area contributed by atoms with Gasteiger partial charge >= 0.3 is 0 Å². The first kappa shape index (κ1) is 13.4. The van der Waals surface area contributed by atoms with Crippen molar-refractivity contribution in [3.05, 3.63) is 0 Å². The summed E-state index contributed by atoms with van der Waals surface area (Å²) in [5, 5.41) is 0. The molecule has 0 unspecified atom stereocenters.